The highest BCUT2D eigenvalue weighted by molar-refractivity contribution is 5.98. The Labute approximate surface area is 125 Å². The highest BCUT2D eigenvalue weighted by Gasteiger charge is 2.53. The fourth-order valence-electron chi connectivity index (χ4n) is 3.27. The third-order valence-electron chi connectivity index (χ3n) is 4.72. The lowest BCUT2D eigenvalue weighted by Gasteiger charge is -2.42. The van der Waals surface area contributed by atoms with Crippen LogP contribution in [0.1, 0.15) is 32.3 Å². The van der Waals surface area contributed by atoms with Gasteiger partial charge < -0.3 is 10.2 Å². The number of hydrogen-bond acceptors (Lipinski definition) is 2. The van der Waals surface area contributed by atoms with Gasteiger partial charge in [0.2, 0.25) is 11.8 Å². The van der Waals surface area contributed by atoms with Crippen LogP contribution in [0.15, 0.2) is 30.3 Å². The highest BCUT2D eigenvalue weighted by Crippen LogP contribution is 2.41. The van der Waals surface area contributed by atoms with Gasteiger partial charge in [0.05, 0.1) is 6.54 Å². The summed E-state index contributed by atoms with van der Waals surface area (Å²) in [5.74, 6) is 0.345. The molecule has 0 spiro atoms. The van der Waals surface area contributed by atoms with Crippen molar-refractivity contribution in [3.63, 3.8) is 0 Å². The van der Waals surface area contributed by atoms with Gasteiger partial charge in [-0.25, -0.2) is 0 Å². The average Bonchev–Trinajstić information content (AvgIpc) is 3.28. The molecule has 1 aromatic carbocycles. The molecule has 2 atom stereocenters. The van der Waals surface area contributed by atoms with Crippen molar-refractivity contribution in [3.8, 4) is 0 Å². The zero-order valence-electron chi connectivity index (χ0n) is 12.6. The van der Waals surface area contributed by atoms with Crippen LogP contribution in [0.3, 0.4) is 0 Å². The second-order valence-corrected chi connectivity index (χ2v) is 6.50. The lowest BCUT2D eigenvalue weighted by atomic mass is 9.90. The van der Waals surface area contributed by atoms with E-state index in [0.717, 1.165) is 19.3 Å². The summed E-state index contributed by atoms with van der Waals surface area (Å²) in [5, 5.41) is 2.92. The van der Waals surface area contributed by atoms with E-state index in [-0.39, 0.29) is 24.4 Å². The van der Waals surface area contributed by atoms with Crippen molar-refractivity contribution in [2.75, 3.05) is 6.54 Å². The Morgan fingerprint density at radius 1 is 1.29 bits per heavy atom. The van der Waals surface area contributed by atoms with Crippen molar-refractivity contribution in [2.45, 2.75) is 44.7 Å². The summed E-state index contributed by atoms with van der Waals surface area (Å²) in [5.41, 5.74) is 0.497. The number of carbonyl (C=O) groups is 2. The van der Waals surface area contributed by atoms with Gasteiger partial charge in [0.25, 0.3) is 0 Å². The highest BCUT2D eigenvalue weighted by atomic mass is 16.2. The predicted molar refractivity (Wildman–Crippen MR) is 80.6 cm³/mol. The fourth-order valence-corrected chi connectivity index (χ4v) is 3.27. The van der Waals surface area contributed by atoms with E-state index in [9.17, 15) is 9.59 Å². The third-order valence-corrected chi connectivity index (χ3v) is 4.72. The van der Waals surface area contributed by atoms with Crippen LogP contribution in [-0.4, -0.2) is 34.8 Å². The third kappa shape index (κ3) is 2.67. The number of benzene rings is 1. The molecular formula is C17H22N2O2. The molecule has 2 fully saturated rings. The monoisotopic (exact) mass is 286 g/mol. The molecule has 1 heterocycles. The molecule has 0 bridgehead atoms. The van der Waals surface area contributed by atoms with E-state index in [1.165, 1.54) is 5.56 Å². The number of rotatable bonds is 4. The molecule has 3 rings (SSSR count). The Kier molecular flexibility index (Phi) is 3.47. The summed E-state index contributed by atoms with van der Waals surface area (Å²) in [7, 11) is 0. The van der Waals surface area contributed by atoms with Crippen molar-refractivity contribution in [3.05, 3.63) is 35.9 Å². The molecule has 1 N–H and O–H groups in total. The molecule has 1 aliphatic carbocycles. The smallest absolute Gasteiger partial charge is 0.249 e. The van der Waals surface area contributed by atoms with Crippen LogP contribution < -0.4 is 5.32 Å². The van der Waals surface area contributed by atoms with Crippen LogP contribution in [0.5, 0.6) is 0 Å². The number of piperazine rings is 1. The summed E-state index contributed by atoms with van der Waals surface area (Å²) in [6.07, 6.45) is 2.84. The summed E-state index contributed by atoms with van der Waals surface area (Å²) in [6, 6.07) is 10.1. The fraction of sp³-hybridized carbons (Fsp3) is 0.529. The van der Waals surface area contributed by atoms with Crippen LogP contribution in [0.25, 0.3) is 0 Å². The van der Waals surface area contributed by atoms with Crippen molar-refractivity contribution < 1.29 is 9.59 Å². The van der Waals surface area contributed by atoms with Crippen LogP contribution >= 0.6 is 0 Å². The van der Waals surface area contributed by atoms with E-state index in [1.807, 2.05) is 32.0 Å². The van der Waals surface area contributed by atoms with Crippen molar-refractivity contribution in [2.24, 2.45) is 5.92 Å². The van der Waals surface area contributed by atoms with Gasteiger partial charge in [0, 0.05) is 6.04 Å². The van der Waals surface area contributed by atoms with Crippen LogP contribution in [0, 0.1) is 5.92 Å². The number of amides is 2. The van der Waals surface area contributed by atoms with Gasteiger partial charge in [0.1, 0.15) is 5.54 Å². The van der Waals surface area contributed by atoms with Gasteiger partial charge in [-0.15, -0.1) is 0 Å². The molecule has 21 heavy (non-hydrogen) atoms. The van der Waals surface area contributed by atoms with Gasteiger partial charge in [-0.1, -0.05) is 30.3 Å². The maximum Gasteiger partial charge on any atom is 0.249 e. The lowest BCUT2D eigenvalue weighted by molar-refractivity contribution is -0.152. The minimum Gasteiger partial charge on any atom is -0.340 e. The van der Waals surface area contributed by atoms with Crippen LogP contribution in [-0.2, 0) is 16.0 Å². The molecule has 0 radical (unpaired) electrons. The van der Waals surface area contributed by atoms with E-state index in [0.29, 0.717) is 5.92 Å². The Hall–Kier alpha value is -1.84. The largest absolute Gasteiger partial charge is 0.340 e. The Morgan fingerprint density at radius 2 is 1.95 bits per heavy atom. The molecule has 1 aliphatic heterocycles. The minimum atomic E-state index is -0.694. The van der Waals surface area contributed by atoms with Crippen LogP contribution in [0.4, 0.5) is 0 Å². The maximum atomic E-state index is 12.8. The van der Waals surface area contributed by atoms with Gasteiger partial charge in [-0.2, -0.15) is 0 Å². The molecule has 1 aromatic rings. The first-order chi connectivity index (χ1) is 10.0. The first-order valence-corrected chi connectivity index (χ1v) is 7.66. The standard InChI is InChI=1S/C17H22N2O2/c1-12(10-13-6-4-3-5-7-13)19-11-15(20)18-17(2,16(19)21)14-8-9-14/h3-7,12,14H,8-11H2,1-2H3,(H,18,20). The maximum absolute atomic E-state index is 12.8. The van der Waals surface area contributed by atoms with E-state index >= 15 is 0 Å². The zero-order chi connectivity index (χ0) is 15.0. The Bertz CT molecular complexity index is 553. The van der Waals surface area contributed by atoms with E-state index in [1.54, 1.807) is 4.90 Å². The SMILES string of the molecule is CC(Cc1ccccc1)N1CC(=O)NC(C)(C2CC2)C1=O. The molecule has 4 nitrogen and oxygen atoms in total. The summed E-state index contributed by atoms with van der Waals surface area (Å²) >= 11 is 0. The van der Waals surface area contributed by atoms with E-state index in [2.05, 4.69) is 17.4 Å². The molecule has 2 unspecified atom stereocenters. The van der Waals surface area contributed by atoms with Crippen molar-refractivity contribution in [1.29, 1.82) is 0 Å². The van der Waals surface area contributed by atoms with Crippen LogP contribution in [0.2, 0.25) is 0 Å². The molecule has 1 saturated carbocycles. The zero-order valence-corrected chi connectivity index (χ0v) is 12.6. The minimum absolute atomic E-state index is 0.0315. The predicted octanol–water partition coefficient (Wildman–Crippen LogP) is 1.74. The van der Waals surface area contributed by atoms with E-state index < -0.39 is 5.54 Å². The molecule has 4 heteroatoms. The molecule has 112 valence electrons. The molecule has 2 amide bonds. The molecular weight excluding hydrogens is 264 g/mol. The lowest BCUT2D eigenvalue weighted by Crippen LogP contribution is -2.68. The molecule has 2 aliphatic rings. The topological polar surface area (TPSA) is 49.4 Å². The van der Waals surface area contributed by atoms with E-state index in [4.69, 9.17) is 0 Å². The van der Waals surface area contributed by atoms with Gasteiger partial charge in [-0.05, 0) is 44.6 Å². The van der Waals surface area contributed by atoms with Gasteiger partial charge in [-0.3, -0.25) is 9.59 Å². The number of nitrogens with zero attached hydrogens (tertiary/aromatic N) is 1. The van der Waals surface area contributed by atoms with Gasteiger partial charge >= 0.3 is 0 Å². The van der Waals surface area contributed by atoms with Crippen molar-refractivity contribution >= 4 is 11.8 Å². The quantitative estimate of drug-likeness (QED) is 0.916. The second kappa shape index (κ2) is 5.17. The Balaban J connectivity index is 1.77. The number of carbonyl (C=O) groups excluding carboxylic acids is 2. The molecule has 1 saturated heterocycles. The Morgan fingerprint density at radius 3 is 2.57 bits per heavy atom. The van der Waals surface area contributed by atoms with Gasteiger partial charge in [0.15, 0.2) is 0 Å². The summed E-state index contributed by atoms with van der Waals surface area (Å²) in [6.45, 7) is 4.08. The average molecular weight is 286 g/mol. The normalized spacial score (nSPS) is 27.4. The number of nitrogens with one attached hydrogen (secondary N) is 1. The molecule has 0 aromatic heterocycles. The summed E-state index contributed by atoms with van der Waals surface area (Å²) < 4.78 is 0. The summed E-state index contributed by atoms with van der Waals surface area (Å²) in [4.78, 5) is 26.6. The number of hydrogen-bond donors (Lipinski definition) is 1. The first-order valence-electron chi connectivity index (χ1n) is 7.66. The van der Waals surface area contributed by atoms with Crippen molar-refractivity contribution in [1.82, 2.24) is 10.2 Å². The second-order valence-electron chi connectivity index (χ2n) is 6.50. The first kappa shape index (κ1) is 14.1.